The molecule has 102 valence electrons. The summed E-state index contributed by atoms with van der Waals surface area (Å²) in [5.74, 6) is 0. The van der Waals surface area contributed by atoms with Crippen molar-refractivity contribution < 1.29 is 0 Å². The van der Waals surface area contributed by atoms with Crippen LogP contribution in [0.3, 0.4) is 0 Å². The third kappa shape index (κ3) is 2.80. The summed E-state index contributed by atoms with van der Waals surface area (Å²) in [7, 11) is 0. The molecule has 0 bridgehead atoms. The first-order valence-corrected chi connectivity index (χ1v) is 8.00. The fourth-order valence-corrected chi connectivity index (χ4v) is 4.46. The lowest BCUT2D eigenvalue weighted by atomic mass is 9.90. The highest BCUT2D eigenvalue weighted by atomic mass is 35.5. The van der Waals surface area contributed by atoms with Crippen molar-refractivity contribution in [1.82, 2.24) is 0 Å². The molecule has 0 radical (unpaired) electrons. The van der Waals surface area contributed by atoms with Gasteiger partial charge in [0.05, 0.1) is 14.0 Å². The Kier molecular flexibility index (Phi) is 4.52. The van der Waals surface area contributed by atoms with Crippen LogP contribution in [-0.4, -0.2) is 0 Å². The van der Waals surface area contributed by atoms with Crippen LogP contribution in [0, 0.1) is 27.7 Å². The van der Waals surface area contributed by atoms with Gasteiger partial charge in [-0.05, 0) is 61.6 Å². The Hall–Kier alpha value is -0.210. The zero-order chi connectivity index (χ0) is 14.3. The van der Waals surface area contributed by atoms with E-state index in [2.05, 4.69) is 33.8 Å². The number of hydrogen-bond donors (Lipinski definition) is 0. The molecular weight excluding hydrogens is 319 g/mol. The molecule has 2 rings (SSSR count). The Balaban J connectivity index is 2.62. The molecule has 4 heteroatoms. The molecule has 0 saturated heterocycles. The Labute approximate surface area is 133 Å². The summed E-state index contributed by atoms with van der Waals surface area (Å²) in [6, 6.07) is 4.06. The Morgan fingerprint density at radius 1 is 0.947 bits per heavy atom. The second kappa shape index (κ2) is 5.65. The zero-order valence-corrected chi connectivity index (χ0v) is 14.4. The summed E-state index contributed by atoms with van der Waals surface area (Å²) in [6.45, 7) is 8.43. The standard InChI is InChI=1S/C15H15Cl3S/c1-7-5-8(2)10(4)13(9(7)3)14(17)11-6-12(16)19-15(11)18/h5-6,14H,1-4H3. The number of thiophene rings is 1. The van der Waals surface area contributed by atoms with E-state index >= 15 is 0 Å². The number of rotatable bonds is 2. The zero-order valence-electron chi connectivity index (χ0n) is 11.3. The molecule has 0 amide bonds. The van der Waals surface area contributed by atoms with Crippen molar-refractivity contribution in [2.45, 2.75) is 33.1 Å². The van der Waals surface area contributed by atoms with E-state index in [9.17, 15) is 0 Å². The molecule has 0 spiro atoms. The normalized spacial score (nSPS) is 12.8. The summed E-state index contributed by atoms with van der Waals surface area (Å²) in [4.78, 5) is 0. The molecule has 2 aromatic rings. The first kappa shape index (κ1) is 15.2. The van der Waals surface area contributed by atoms with Crippen LogP contribution in [0.15, 0.2) is 12.1 Å². The minimum absolute atomic E-state index is 0.255. The maximum absolute atomic E-state index is 6.67. The van der Waals surface area contributed by atoms with Crippen LogP contribution < -0.4 is 0 Å². The molecule has 0 N–H and O–H groups in total. The van der Waals surface area contributed by atoms with E-state index in [0.717, 1.165) is 11.1 Å². The third-order valence-corrected chi connectivity index (χ3v) is 5.60. The third-order valence-electron chi connectivity index (χ3n) is 3.63. The van der Waals surface area contributed by atoms with Crippen LogP contribution in [0.1, 0.15) is 38.8 Å². The van der Waals surface area contributed by atoms with Gasteiger partial charge in [0, 0.05) is 5.56 Å². The Morgan fingerprint density at radius 3 is 1.89 bits per heavy atom. The van der Waals surface area contributed by atoms with Gasteiger partial charge in [-0.2, -0.15) is 0 Å². The van der Waals surface area contributed by atoms with Crippen molar-refractivity contribution in [1.29, 1.82) is 0 Å². The van der Waals surface area contributed by atoms with E-state index in [1.807, 2.05) is 6.07 Å². The number of halogens is 3. The number of aryl methyl sites for hydroxylation is 2. The smallest absolute Gasteiger partial charge is 0.0994 e. The number of hydrogen-bond acceptors (Lipinski definition) is 1. The van der Waals surface area contributed by atoms with Crippen LogP contribution in [0.25, 0.3) is 0 Å². The summed E-state index contributed by atoms with van der Waals surface area (Å²) in [5.41, 5.74) is 7.00. The van der Waals surface area contributed by atoms with Crippen molar-refractivity contribution >= 4 is 46.1 Å². The monoisotopic (exact) mass is 332 g/mol. The lowest BCUT2D eigenvalue weighted by molar-refractivity contribution is 1.06. The highest BCUT2D eigenvalue weighted by molar-refractivity contribution is 7.20. The van der Waals surface area contributed by atoms with Crippen molar-refractivity contribution in [3.63, 3.8) is 0 Å². The van der Waals surface area contributed by atoms with Crippen LogP contribution in [-0.2, 0) is 0 Å². The van der Waals surface area contributed by atoms with Crippen molar-refractivity contribution in [3.05, 3.63) is 54.2 Å². The van der Waals surface area contributed by atoms with Crippen LogP contribution >= 0.6 is 46.1 Å². The topological polar surface area (TPSA) is 0 Å². The molecule has 0 aliphatic rings. The molecule has 1 heterocycles. The molecule has 0 fully saturated rings. The predicted octanol–water partition coefficient (Wildman–Crippen LogP) is 6.62. The molecular formula is C15H15Cl3S. The predicted molar refractivity (Wildman–Crippen MR) is 87.4 cm³/mol. The van der Waals surface area contributed by atoms with Gasteiger partial charge >= 0.3 is 0 Å². The first-order valence-electron chi connectivity index (χ1n) is 5.99. The molecule has 0 aliphatic carbocycles. The van der Waals surface area contributed by atoms with Gasteiger partial charge in [-0.25, -0.2) is 0 Å². The lowest BCUT2D eigenvalue weighted by Gasteiger charge is -2.19. The molecule has 0 saturated carbocycles. The highest BCUT2D eigenvalue weighted by Crippen LogP contribution is 2.43. The van der Waals surface area contributed by atoms with E-state index in [0.29, 0.717) is 8.67 Å². The quantitative estimate of drug-likeness (QED) is 0.542. The van der Waals surface area contributed by atoms with Gasteiger partial charge in [-0.3, -0.25) is 0 Å². The summed E-state index contributed by atoms with van der Waals surface area (Å²) >= 11 is 20.3. The molecule has 19 heavy (non-hydrogen) atoms. The Bertz CT molecular complexity index is 603. The van der Waals surface area contributed by atoms with Gasteiger partial charge in [0.2, 0.25) is 0 Å². The molecule has 1 atom stereocenters. The minimum atomic E-state index is -0.255. The average Bonchev–Trinajstić information content (AvgIpc) is 2.66. The summed E-state index contributed by atoms with van der Waals surface area (Å²) in [6.07, 6.45) is 0. The van der Waals surface area contributed by atoms with E-state index < -0.39 is 0 Å². The summed E-state index contributed by atoms with van der Waals surface area (Å²) in [5, 5.41) is -0.255. The number of benzene rings is 1. The average molecular weight is 334 g/mol. The Morgan fingerprint density at radius 2 is 1.47 bits per heavy atom. The lowest BCUT2D eigenvalue weighted by Crippen LogP contribution is -2.03. The van der Waals surface area contributed by atoms with Gasteiger partial charge in [-0.1, -0.05) is 29.3 Å². The van der Waals surface area contributed by atoms with E-state index in [1.54, 1.807) is 0 Å². The number of alkyl halides is 1. The SMILES string of the molecule is Cc1cc(C)c(C)c(C(Cl)c2cc(Cl)sc2Cl)c1C. The second-order valence-corrected chi connectivity index (χ2v) is 7.54. The van der Waals surface area contributed by atoms with Crippen molar-refractivity contribution in [3.8, 4) is 0 Å². The highest BCUT2D eigenvalue weighted by Gasteiger charge is 2.22. The molecule has 0 nitrogen and oxygen atoms in total. The first-order chi connectivity index (χ1) is 8.82. The molecule has 1 aromatic heterocycles. The molecule has 1 unspecified atom stereocenters. The van der Waals surface area contributed by atoms with Crippen molar-refractivity contribution in [2.24, 2.45) is 0 Å². The van der Waals surface area contributed by atoms with E-state index in [-0.39, 0.29) is 5.38 Å². The maximum atomic E-state index is 6.67. The maximum Gasteiger partial charge on any atom is 0.0994 e. The van der Waals surface area contributed by atoms with Gasteiger partial charge in [0.15, 0.2) is 0 Å². The van der Waals surface area contributed by atoms with Gasteiger partial charge in [0.25, 0.3) is 0 Å². The molecule has 1 aromatic carbocycles. The minimum Gasteiger partial charge on any atom is -0.112 e. The van der Waals surface area contributed by atoms with Crippen LogP contribution in [0.5, 0.6) is 0 Å². The second-order valence-electron chi connectivity index (χ2n) is 4.82. The fraction of sp³-hybridized carbons (Fsp3) is 0.333. The van der Waals surface area contributed by atoms with Gasteiger partial charge in [-0.15, -0.1) is 22.9 Å². The summed E-state index contributed by atoms with van der Waals surface area (Å²) < 4.78 is 1.34. The largest absolute Gasteiger partial charge is 0.112 e. The van der Waals surface area contributed by atoms with Gasteiger partial charge in [0.1, 0.15) is 0 Å². The van der Waals surface area contributed by atoms with E-state index in [1.165, 1.54) is 33.6 Å². The van der Waals surface area contributed by atoms with Crippen LogP contribution in [0.4, 0.5) is 0 Å². The van der Waals surface area contributed by atoms with E-state index in [4.69, 9.17) is 34.8 Å². The fourth-order valence-electron chi connectivity index (χ4n) is 2.31. The van der Waals surface area contributed by atoms with Gasteiger partial charge < -0.3 is 0 Å². The molecule has 0 aliphatic heterocycles. The van der Waals surface area contributed by atoms with Crippen molar-refractivity contribution in [2.75, 3.05) is 0 Å². The van der Waals surface area contributed by atoms with Crippen LogP contribution in [0.2, 0.25) is 8.67 Å².